The van der Waals surface area contributed by atoms with Gasteiger partial charge >= 0.3 is 5.97 Å². The average molecular weight is 445 g/mol. The van der Waals surface area contributed by atoms with E-state index in [1.165, 1.54) is 12.1 Å². The monoisotopic (exact) mass is 445 g/mol. The quantitative estimate of drug-likeness (QED) is 0.459. The number of aromatic nitrogens is 1. The van der Waals surface area contributed by atoms with Gasteiger partial charge in [0.25, 0.3) is 0 Å². The molecule has 1 aromatic heterocycles. The fourth-order valence-electron chi connectivity index (χ4n) is 3.55. The highest BCUT2D eigenvalue weighted by molar-refractivity contribution is 7.92. The first-order valence-corrected chi connectivity index (χ1v) is 11.2. The van der Waals surface area contributed by atoms with E-state index in [9.17, 15) is 18.0 Å². The lowest BCUT2D eigenvalue weighted by Gasteiger charge is -2.14. The second-order valence-corrected chi connectivity index (χ2v) is 8.92. The molecule has 2 aromatic carbocycles. The topological polar surface area (TPSA) is 141 Å². The van der Waals surface area contributed by atoms with E-state index in [1.54, 1.807) is 6.92 Å². The Morgan fingerprint density at radius 2 is 1.84 bits per heavy atom. The number of carbonyl (C=O) groups excluding carboxylic acids is 1. The molecule has 0 aliphatic heterocycles. The summed E-state index contributed by atoms with van der Waals surface area (Å²) in [5.74, 6) is -1.52. The van der Waals surface area contributed by atoms with Crippen LogP contribution in [0.1, 0.15) is 16.8 Å². The molecule has 3 aromatic rings. The normalized spacial score (nSPS) is 11.4. The number of primary amides is 1. The van der Waals surface area contributed by atoms with Crippen molar-refractivity contribution in [1.29, 1.82) is 0 Å². The van der Waals surface area contributed by atoms with E-state index < -0.39 is 28.5 Å². The number of nitrogens with one attached hydrogen (secondary N) is 1. The molecule has 0 aliphatic rings. The van der Waals surface area contributed by atoms with E-state index >= 15 is 0 Å². The number of carboxylic acid groups (broad SMARTS) is 1. The second-order valence-electron chi connectivity index (χ2n) is 7.17. The number of benzene rings is 2. The van der Waals surface area contributed by atoms with Gasteiger partial charge in [0.1, 0.15) is 5.75 Å². The predicted octanol–water partition coefficient (Wildman–Crippen LogP) is 1.86. The van der Waals surface area contributed by atoms with Crippen molar-refractivity contribution >= 4 is 38.5 Å². The minimum Gasteiger partial charge on any atom is -0.481 e. The van der Waals surface area contributed by atoms with Crippen molar-refractivity contribution in [3.05, 3.63) is 59.3 Å². The van der Waals surface area contributed by atoms with Gasteiger partial charge in [0.2, 0.25) is 15.9 Å². The first-order chi connectivity index (χ1) is 14.6. The van der Waals surface area contributed by atoms with Crippen LogP contribution in [0.5, 0.6) is 5.75 Å². The fourth-order valence-corrected chi connectivity index (χ4v) is 4.12. The van der Waals surface area contributed by atoms with Gasteiger partial charge in [0.05, 0.1) is 23.9 Å². The zero-order chi connectivity index (χ0) is 22.8. The van der Waals surface area contributed by atoms with Crippen LogP contribution in [-0.4, -0.2) is 42.8 Å². The zero-order valence-corrected chi connectivity index (χ0v) is 17.9. The van der Waals surface area contributed by atoms with Crippen molar-refractivity contribution in [2.24, 2.45) is 5.73 Å². The molecule has 1 heterocycles. The molecular weight excluding hydrogens is 422 g/mol. The first-order valence-electron chi connectivity index (χ1n) is 9.36. The summed E-state index contributed by atoms with van der Waals surface area (Å²) in [6, 6.07) is 12.5. The number of hydrogen-bond donors (Lipinski definition) is 3. The molecule has 10 heteroatoms. The molecule has 0 unspecified atom stereocenters. The number of ether oxygens (including phenoxy) is 1. The molecule has 0 saturated carbocycles. The average Bonchev–Trinajstić information content (AvgIpc) is 2.93. The smallest absolute Gasteiger partial charge is 0.341 e. The Hall–Kier alpha value is -3.53. The number of amides is 1. The van der Waals surface area contributed by atoms with E-state index in [0.717, 1.165) is 11.8 Å². The van der Waals surface area contributed by atoms with Gasteiger partial charge in [-0.3, -0.25) is 9.52 Å². The number of aliphatic carboxylic acids is 1. The lowest BCUT2D eigenvalue weighted by Crippen LogP contribution is -2.15. The summed E-state index contributed by atoms with van der Waals surface area (Å²) in [5, 5.41) is 9.47. The third kappa shape index (κ3) is 5.15. The molecule has 0 saturated heterocycles. The standard InChI is InChI=1S/C21H23N3O6S/c1-13-15(10-18(22)25)20-17(30-12-19(26)27)9-8-16(23-31(2,28)29)21(20)24(13)11-14-6-4-3-5-7-14/h3-9,23H,10-12H2,1-2H3,(H2,22,25)(H,26,27). The molecule has 9 nitrogen and oxygen atoms in total. The number of carbonyl (C=O) groups is 2. The maximum Gasteiger partial charge on any atom is 0.341 e. The van der Waals surface area contributed by atoms with E-state index in [0.29, 0.717) is 28.7 Å². The van der Waals surface area contributed by atoms with Crippen LogP contribution < -0.4 is 15.2 Å². The minimum absolute atomic E-state index is 0.115. The predicted molar refractivity (Wildman–Crippen MR) is 117 cm³/mol. The Balaban J connectivity index is 2.33. The highest BCUT2D eigenvalue weighted by Crippen LogP contribution is 2.39. The number of nitrogens with two attached hydrogens (primary N) is 1. The largest absolute Gasteiger partial charge is 0.481 e. The van der Waals surface area contributed by atoms with Crippen LogP contribution in [0.15, 0.2) is 42.5 Å². The number of anilines is 1. The van der Waals surface area contributed by atoms with Crippen molar-refractivity contribution in [2.45, 2.75) is 19.9 Å². The second kappa shape index (κ2) is 8.68. The van der Waals surface area contributed by atoms with Crippen molar-refractivity contribution in [1.82, 2.24) is 4.57 Å². The van der Waals surface area contributed by atoms with Crippen LogP contribution in [0.2, 0.25) is 0 Å². The molecule has 0 fully saturated rings. The summed E-state index contributed by atoms with van der Waals surface area (Å²) in [5.41, 5.74) is 8.43. The minimum atomic E-state index is -3.61. The molecule has 31 heavy (non-hydrogen) atoms. The highest BCUT2D eigenvalue weighted by Gasteiger charge is 2.23. The molecule has 164 valence electrons. The van der Waals surface area contributed by atoms with Gasteiger partial charge in [0, 0.05) is 17.6 Å². The molecule has 0 bridgehead atoms. The van der Waals surface area contributed by atoms with Crippen LogP contribution in [-0.2, 0) is 32.6 Å². The van der Waals surface area contributed by atoms with E-state index in [1.807, 2.05) is 34.9 Å². The molecular formula is C21H23N3O6S. The summed E-state index contributed by atoms with van der Waals surface area (Å²) < 4.78 is 33.8. The van der Waals surface area contributed by atoms with E-state index in [2.05, 4.69) is 4.72 Å². The third-order valence-corrected chi connectivity index (χ3v) is 5.32. The highest BCUT2D eigenvalue weighted by atomic mass is 32.2. The van der Waals surface area contributed by atoms with Gasteiger partial charge in [-0.1, -0.05) is 30.3 Å². The Morgan fingerprint density at radius 3 is 2.42 bits per heavy atom. The molecule has 0 radical (unpaired) electrons. The first kappa shape index (κ1) is 22.2. The lowest BCUT2D eigenvalue weighted by molar-refractivity contribution is -0.139. The van der Waals surface area contributed by atoms with Crippen LogP contribution >= 0.6 is 0 Å². The fraction of sp³-hybridized carbons (Fsp3) is 0.238. The summed E-state index contributed by atoms with van der Waals surface area (Å²) in [6.45, 7) is 1.60. The molecule has 0 aliphatic carbocycles. The van der Waals surface area contributed by atoms with Crippen LogP contribution in [0.4, 0.5) is 5.69 Å². The Kier molecular flexibility index (Phi) is 6.21. The van der Waals surface area contributed by atoms with Crippen LogP contribution in [0.25, 0.3) is 10.9 Å². The molecule has 0 spiro atoms. The van der Waals surface area contributed by atoms with Crippen LogP contribution in [0, 0.1) is 6.92 Å². The van der Waals surface area contributed by atoms with E-state index in [4.69, 9.17) is 15.6 Å². The van der Waals surface area contributed by atoms with E-state index in [-0.39, 0.29) is 17.9 Å². The number of carboxylic acids is 1. The van der Waals surface area contributed by atoms with Crippen LogP contribution in [0.3, 0.4) is 0 Å². The summed E-state index contributed by atoms with van der Waals surface area (Å²) in [4.78, 5) is 22.8. The molecule has 3 rings (SSSR count). The number of sulfonamides is 1. The Labute approximate surface area is 179 Å². The Bertz CT molecular complexity index is 1250. The molecule has 1 amide bonds. The number of rotatable bonds is 9. The van der Waals surface area contributed by atoms with Crippen molar-refractivity contribution in [3.8, 4) is 5.75 Å². The maximum atomic E-state index is 12.0. The molecule has 0 atom stereocenters. The summed E-state index contributed by atoms with van der Waals surface area (Å²) >= 11 is 0. The summed E-state index contributed by atoms with van der Waals surface area (Å²) in [6.07, 6.45) is 0.922. The summed E-state index contributed by atoms with van der Waals surface area (Å²) in [7, 11) is -3.61. The van der Waals surface area contributed by atoms with Gasteiger partial charge < -0.3 is 20.1 Å². The van der Waals surface area contributed by atoms with Crippen molar-refractivity contribution < 1.29 is 27.9 Å². The number of hydrogen-bond acceptors (Lipinski definition) is 5. The van der Waals surface area contributed by atoms with Gasteiger partial charge in [-0.2, -0.15) is 0 Å². The Morgan fingerprint density at radius 1 is 1.16 bits per heavy atom. The van der Waals surface area contributed by atoms with Gasteiger partial charge in [-0.15, -0.1) is 0 Å². The lowest BCUT2D eigenvalue weighted by atomic mass is 10.1. The number of nitrogens with zero attached hydrogens (tertiary/aromatic N) is 1. The van der Waals surface area contributed by atoms with Crippen molar-refractivity contribution in [3.63, 3.8) is 0 Å². The zero-order valence-electron chi connectivity index (χ0n) is 17.1. The molecule has 4 N–H and O–H groups in total. The maximum absolute atomic E-state index is 12.0. The van der Waals surface area contributed by atoms with Gasteiger partial charge in [-0.25, -0.2) is 13.2 Å². The third-order valence-electron chi connectivity index (χ3n) is 4.73. The van der Waals surface area contributed by atoms with Crippen molar-refractivity contribution in [2.75, 3.05) is 17.6 Å². The van der Waals surface area contributed by atoms with Gasteiger partial charge in [-0.05, 0) is 30.2 Å². The van der Waals surface area contributed by atoms with Gasteiger partial charge in [0.15, 0.2) is 6.61 Å². The SMILES string of the molecule is Cc1c(CC(N)=O)c2c(OCC(=O)O)ccc(NS(C)(=O)=O)c2n1Cc1ccccc1. The number of fused-ring (bicyclic) bond motifs is 1.